The second kappa shape index (κ2) is 7.58. The molecule has 3 aromatic heterocycles. The minimum absolute atomic E-state index is 0.237. The number of imidazole rings is 1. The minimum Gasteiger partial charge on any atom is -0.368 e. The van der Waals surface area contributed by atoms with Gasteiger partial charge in [-0.25, -0.2) is 9.37 Å². The monoisotopic (exact) mass is 438 g/mol. The number of amides is 1. The highest BCUT2D eigenvalue weighted by Gasteiger charge is 2.24. The summed E-state index contributed by atoms with van der Waals surface area (Å²) in [6.45, 7) is 7.93. The third-order valence-corrected chi connectivity index (χ3v) is 6.17. The van der Waals surface area contributed by atoms with Gasteiger partial charge in [0.1, 0.15) is 0 Å². The molecule has 0 aliphatic carbocycles. The fourth-order valence-electron chi connectivity index (χ4n) is 4.37. The number of benzene rings is 1. The highest BCUT2D eigenvalue weighted by atomic mass is 32.1. The number of hydrogen-bond donors (Lipinski definition) is 2. The lowest BCUT2D eigenvalue weighted by Crippen LogP contribution is -2.54. The Labute approximate surface area is 183 Å². The van der Waals surface area contributed by atoms with Crippen molar-refractivity contribution in [2.24, 2.45) is 0 Å². The molecular formula is C22H23FN6OS. The number of pyridine rings is 1. The molecule has 1 aromatic carbocycles. The first-order valence-corrected chi connectivity index (χ1v) is 11.1. The van der Waals surface area contributed by atoms with Crippen molar-refractivity contribution >= 4 is 45.4 Å². The molecule has 0 bridgehead atoms. The number of piperazine rings is 1. The van der Waals surface area contributed by atoms with Gasteiger partial charge in [0.25, 0.3) is 5.91 Å². The first-order chi connectivity index (χ1) is 14.9. The van der Waals surface area contributed by atoms with E-state index in [2.05, 4.69) is 38.7 Å². The van der Waals surface area contributed by atoms with Crippen LogP contribution in [0, 0.1) is 12.7 Å². The van der Waals surface area contributed by atoms with Gasteiger partial charge >= 0.3 is 0 Å². The largest absolute Gasteiger partial charge is 0.368 e. The Morgan fingerprint density at radius 2 is 2.03 bits per heavy atom. The fourth-order valence-corrected chi connectivity index (χ4v) is 5.06. The maximum Gasteiger partial charge on any atom is 0.257 e. The molecule has 2 atom stereocenters. The zero-order valence-electron chi connectivity index (χ0n) is 17.5. The van der Waals surface area contributed by atoms with Gasteiger partial charge in [-0.15, -0.1) is 0 Å². The van der Waals surface area contributed by atoms with Crippen molar-refractivity contribution < 1.29 is 9.18 Å². The molecule has 7 nitrogen and oxygen atoms in total. The summed E-state index contributed by atoms with van der Waals surface area (Å²) in [6, 6.07) is 5.84. The molecule has 5 rings (SSSR count). The van der Waals surface area contributed by atoms with E-state index in [9.17, 15) is 9.18 Å². The predicted octanol–water partition coefficient (Wildman–Crippen LogP) is 3.83. The lowest BCUT2D eigenvalue weighted by atomic mass is 10.1. The first-order valence-electron chi connectivity index (χ1n) is 10.2. The Hall–Kier alpha value is -3.04. The van der Waals surface area contributed by atoms with Gasteiger partial charge in [0.15, 0.2) is 11.5 Å². The maximum atomic E-state index is 14.4. The molecule has 1 saturated heterocycles. The van der Waals surface area contributed by atoms with Gasteiger partial charge in [0, 0.05) is 60.1 Å². The molecule has 4 heterocycles. The summed E-state index contributed by atoms with van der Waals surface area (Å²) in [4.78, 5) is 19.5. The smallest absolute Gasteiger partial charge is 0.257 e. The number of carbonyl (C=O) groups excluding carboxylic acids is 1. The molecule has 0 radical (unpaired) electrons. The van der Waals surface area contributed by atoms with Crippen LogP contribution in [0.2, 0.25) is 0 Å². The Morgan fingerprint density at radius 1 is 1.26 bits per heavy atom. The zero-order valence-corrected chi connectivity index (χ0v) is 18.3. The Bertz CT molecular complexity index is 1290. The lowest BCUT2D eigenvalue weighted by molar-refractivity contribution is 0.102. The normalized spacial score (nSPS) is 19.3. The Morgan fingerprint density at radius 3 is 2.81 bits per heavy atom. The second-order valence-electron chi connectivity index (χ2n) is 8.23. The van der Waals surface area contributed by atoms with Gasteiger partial charge in [-0.1, -0.05) is 0 Å². The summed E-state index contributed by atoms with van der Waals surface area (Å²) >= 11 is 1.33. The van der Waals surface area contributed by atoms with E-state index in [0.717, 1.165) is 24.2 Å². The van der Waals surface area contributed by atoms with Crippen LogP contribution in [0.1, 0.15) is 29.9 Å². The van der Waals surface area contributed by atoms with Gasteiger partial charge in [-0.3, -0.25) is 4.79 Å². The van der Waals surface area contributed by atoms with Gasteiger partial charge in [0.05, 0.1) is 22.5 Å². The number of nitrogens with one attached hydrogen (secondary N) is 2. The summed E-state index contributed by atoms with van der Waals surface area (Å²) in [6.07, 6.45) is 3.38. The van der Waals surface area contributed by atoms with Crippen LogP contribution in [0.5, 0.6) is 0 Å². The van der Waals surface area contributed by atoms with Crippen molar-refractivity contribution in [2.45, 2.75) is 32.9 Å². The molecular weight excluding hydrogens is 415 g/mol. The third kappa shape index (κ3) is 3.64. The average molecular weight is 439 g/mol. The number of hydrogen-bond acceptors (Lipinski definition) is 6. The number of fused-ring (bicyclic) bond motifs is 2. The Kier molecular flexibility index (Phi) is 4.86. The Balaban J connectivity index is 1.47. The van der Waals surface area contributed by atoms with Crippen molar-refractivity contribution in [3.63, 3.8) is 0 Å². The lowest BCUT2D eigenvalue weighted by Gasteiger charge is -2.38. The quantitative estimate of drug-likeness (QED) is 0.509. The van der Waals surface area contributed by atoms with Crippen LogP contribution in [0.4, 0.5) is 15.8 Å². The third-order valence-electron chi connectivity index (χ3n) is 5.54. The average Bonchev–Trinajstić information content (AvgIpc) is 3.33. The summed E-state index contributed by atoms with van der Waals surface area (Å²) in [5.74, 6) is -0.804. The van der Waals surface area contributed by atoms with Gasteiger partial charge in [-0.05, 0) is 44.4 Å². The van der Waals surface area contributed by atoms with E-state index in [0.29, 0.717) is 34.5 Å². The number of nitrogens with zero attached hydrogens (tertiary/aromatic N) is 4. The van der Waals surface area contributed by atoms with Crippen molar-refractivity contribution in [3.05, 3.63) is 53.0 Å². The van der Waals surface area contributed by atoms with Gasteiger partial charge in [0.2, 0.25) is 0 Å². The van der Waals surface area contributed by atoms with E-state index in [1.54, 1.807) is 29.8 Å². The molecule has 160 valence electrons. The molecule has 0 unspecified atom stereocenters. The molecule has 1 aliphatic rings. The van der Waals surface area contributed by atoms with Crippen LogP contribution in [0.3, 0.4) is 0 Å². The zero-order chi connectivity index (χ0) is 21.7. The SMILES string of the molecule is Cc1cn2cc(NC(=O)c3ccc(N4C[C@H](C)N[C@@H](C)C4)c4csnc34)cc(F)c2n1. The van der Waals surface area contributed by atoms with E-state index in [1.807, 2.05) is 11.4 Å². The maximum absolute atomic E-state index is 14.4. The molecule has 2 N–H and O–H groups in total. The van der Waals surface area contributed by atoms with E-state index in [4.69, 9.17) is 0 Å². The number of halogens is 1. The molecule has 1 amide bonds. The van der Waals surface area contributed by atoms with Crippen LogP contribution in [0.25, 0.3) is 16.6 Å². The highest BCUT2D eigenvalue weighted by Crippen LogP contribution is 2.32. The molecule has 1 aliphatic heterocycles. The molecule has 4 aromatic rings. The van der Waals surface area contributed by atoms with E-state index < -0.39 is 5.82 Å². The first kappa shape index (κ1) is 19.9. The minimum atomic E-state index is -0.484. The van der Waals surface area contributed by atoms with Crippen LogP contribution in [-0.2, 0) is 0 Å². The molecule has 31 heavy (non-hydrogen) atoms. The number of anilines is 2. The molecule has 0 saturated carbocycles. The number of aromatic nitrogens is 3. The molecule has 1 fully saturated rings. The van der Waals surface area contributed by atoms with E-state index >= 15 is 0 Å². The van der Waals surface area contributed by atoms with Crippen LogP contribution in [-0.4, -0.2) is 44.8 Å². The van der Waals surface area contributed by atoms with Crippen LogP contribution >= 0.6 is 11.5 Å². The number of rotatable bonds is 3. The summed E-state index contributed by atoms with van der Waals surface area (Å²) < 4.78 is 20.5. The second-order valence-corrected chi connectivity index (χ2v) is 8.86. The summed E-state index contributed by atoms with van der Waals surface area (Å²) in [5.41, 5.74) is 3.53. The fraction of sp³-hybridized carbons (Fsp3) is 0.318. The molecule has 9 heteroatoms. The molecule has 0 spiro atoms. The van der Waals surface area contributed by atoms with Crippen LogP contribution < -0.4 is 15.5 Å². The van der Waals surface area contributed by atoms with Crippen molar-refractivity contribution in [2.75, 3.05) is 23.3 Å². The summed E-state index contributed by atoms with van der Waals surface area (Å²) in [5, 5.41) is 9.30. The van der Waals surface area contributed by atoms with Gasteiger partial charge in [-0.2, -0.15) is 4.37 Å². The van der Waals surface area contributed by atoms with E-state index in [-0.39, 0.29) is 11.6 Å². The highest BCUT2D eigenvalue weighted by molar-refractivity contribution is 7.05. The number of carbonyl (C=O) groups is 1. The van der Waals surface area contributed by atoms with E-state index in [1.165, 1.54) is 17.6 Å². The van der Waals surface area contributed by atoms with Crippen LogP contribution in [0.15, 0.2) is 36.0 Å². The standard InChI is InChI=1S/C22H23FN6OS/c1-12-7-28(8-13(2)24-12)19-5-4-16(20-17(19)11-31-27-20)22(30)26-15-6-18(23)21-25-14(3)9-29(21)10-15/h4-6,9-13,24H,7-8H2,1-3H3,(H,26,30)/t12-,13-/m0/s1. The predicted molar refractivity (Wildman–Crippen MR) is 122 cm³/mol. The van der Waals surface area contributed by atoms with Gasteiger partial charge < -0.3 is 19.9 Å². The van der Waals surface area contributed by atoms with Crippen molar-refractivity contribution in [3.8, 4) is 0 Å². The van der Waals surface area contributed by atoms with Crippen molar-refractivity contribution in [1.82, 2.24) is 19.1 Å². The summed E-state index contributed by atoms with van der Waals surface area (Å²) in [7, 11) is 0. The topological polar surface area (TPSA) is 74.6 Å². The number of aryl methyl sites for hydroxylation is 1. The van der Waals surface area contributed by atoms with Crippen molar-refractivity contribution in [1.29, 1.82) is 0 Å².